The Morgan fingerprint density at radius 3 is 2.58 bits per heavy atom. The molecule has 0 aromatic carbocycles. The molecular weight excluding hydrogens is 256 g/mol. The molecule has 0 bridgehead atoms. The highest BCUT2D eigenvalue weighted by Crippen LogP contribution is 2.34. The van der Waals surface area contributed by atoms with E-state index in [0.29, 0.717) is 6.04 Å². The fraction of sp³-hybridized carbons (Fsp3) is 0.929. The Labute approximate surface area is 122 Å². The number of aliphatic imine (C=N–C) groups is 1. The lowest BCUT2D eigenvalue weighted by Gasteiger charge is -2.25. The molecule has 1 aliphatic carbocycles. The van der Waals surface area contributed by atoms with Gasteiger partial charge in [-0.2, -0.15) is 11.8 Å². The molecule has 1 aliphatic rings. The van der Waals surface area contributed by atoms with Gasteiger partial charge in [0.25, 0.3) is 0 Å². The van der Waals surface area contributed by atoms with Gasteiger partial charge in [-0.3, -0.25) is 4.99 Å². The number of nitrogens with zero attached hydrogens (tertiary/aromatic N) is 2. The van der Waals surface area contributed by atoms with Crippen LogP contribution in [0, 0.1) is 5.92 Å². The molecule has 1 saturated carbocycles. The van der Waals surface area contributed by atoms with E-state index in [-0.39, 0.29) is 0 Å². The molecule has 0 aromatic heterocycles. The maximum Gasteiger partial charge on any atom is 0.191 e. The number of hydrogen-bond donors (Lipinski definition) is 2. The molecule has 0 heterocycles. The fourth-order valence-electron chi connectivity index (χ4n) is 2.25. The lowest BCUT2D eigenvalue weighted by Crippen LogP contribution is -2.46. The summed E-state index contributed by atoms with van der Waals surface area (Å²) in [6.07, 6.45) is 7.40. The summed E-state index contributed by atoms with van der Waals surface area (Å²) in [4.78, 5) is 6.62. The quantitative estimate of drug-likeness (QED) is 0.384. The third kappa shape index (κ3) is 7.06. The zero-order chi connectivity index (χ0) is 14.1. The largest absolute Gasteiger partial charge is 0.356 e. The molecule has 5 heteroatoms. The number of rotatable bonds is 9. The second-order valence-corrected chi connectivity index (χ2v) is 6.43. The molecule has 1 rings (SSSR count). The van der Waals surface area contributed by atoms with E-state index in [1.165, 1.54) is 31.4 Å². The van der Waals surface area contributed by atoms with E-state index in [1.807, 2.05) is 18.8 Å². The van der Waals surface area contributed by atoms with Crippen molar-refractivity contribution in [3.8, 4) is 0 Å². The Morgan fingerprint density at radius 2 is 2.05 bits per heavy atom. The van der Waals surface area contributed by atoms with Crippen LogP contribution in [-0.2, 0) is 0 Å². The second-order valence-electron chi connectivity index (χ2n) is 5.45. The predicted octanol–water partition coefficient (Wildman–Crippen LogP) is 1.63. The summed E-state index contributed by atoms with van der Waals surface area (Å²) in [6, 6.07) is 0.634. The van der Waals surface area contributed by atoms with Crippen LogP contribution in [0.5, 0.6) is 0 Å². The summed E-state index contributed by atoms with van der Waals surface area (Å²) < 4.78 is 0. The zero-order valence-electron chi connectivity index (χ0n) is 12.9. The van der Waals surface area contributed by atoms with Crippen LogP contribution < -0.4 is 10.6 Å². The van der Waals surface area contributed by atoms with Crippen molar-refractivity contribution >= 4 is 17.7 Å². The number of unbranched alkanes of at least 4 members (excludes halogenated alkanes) is 1. The van der Waals surface area contributed by atoms with Gasteiger partial charge in [-0.15, -0.1) is 0 Å². The monoisotopic (exact) mass is 286 g/mol. The van der Waals surface area contributed by atoms with Crippen molar-refractivity contribution in [1.29, 1.82) is 0 Å². The van der Waals surface area contributed by atoms with E-state index < -0.39 is 0 Å². The van der Waals surface area contributed by atoms with Gasteiger partial charge in [0.05, 0.1) is 0 Å². The summed E-state index contributed by atoms with van der Waals surface area (Å²) in [7, 11) is 6.19. The lowest BCUT2D eigenvalue weighted by atomic mass is 10.1. The average Bonchev–Trinajstić information content (AvgIpc) is 3.20. The van der Waals surface area contributed by atoms with Gasteiger partial charge in [-0.1, -0.05) is 0 Å². The minimum absolute atomic E-state index is 0.634. The van der Waals surface area contributed by atoms with Crippen LogP contribution in [-0.4, -0.2) is 63.1 Å². The summed E-state index contributed by atoms with van der Waals surface area (Å²) in [5, 5.41) is 6.85. The topological polar surface area (TPSA) is 39.7 Å². The molecule has 2 N–H and O–H groups in total. The van der Waals surface area contributed by atoms with Gasteiger partial charge in [-0.25, -0.2) is 0 Å². The van der Waals surface area contributed by atoms with E-state index in [4.69, 9.17) is 0 Å². The van der Waals surface area contributed by atoms with Crippen LogP contribution in [0.4, 0.5) is 0 Å². The van der Waals surface area contributed by atoms with E-state index in [1.54, 1.807) is 0 Å². The minimum atomic E-state index is 0.634. The maximum atomic E-state index is 4.29. The standard InChI is InChI=1S/C14H30N4S/c1-15-14(16-9-5-6-10-19-4)17-11-13(18(2)3)12-7-8-12/h12-13H,5-11H2,1-4H3,(H2,15,16,17). The van der Waals surface area contributed by atoms with Gasteiger partial charge >= 0.3 is 0 Å². The van der Waals surface area contributed by atoms with Crippen molar-refractivity contribution in [2.45, 2.75) is 31.7 Å². The van der Waals surface area contributed by atoms with Gasteiger partial charge in [0, 0.05) is 26.2 Å². The highest BCUT2D eigenvalue weighted by atomic mass is 32.2. The van der Waals surface area contributed by atoms with Crippen molar-refractivity contribution in [2.75, 3.05) is 46.2 Å². The van der Waals surface area contributed by atoms with Crippen molar-refractivity contribution in [3.63, 3.8) is 0 Å². The molecule has 4 nitrogen and oxygen atoms in total. The normalized spacial score (nSPS) is 17.6. The molecule has 19 heavy (non-hydrogen) atoms. The molecule has 0 aliphatic heterocycles. The molecule has 0 spiro atoms. The Balaban J connectivity index is 2.17. The van der Waals surface area contributed by atoms with Crippen LogP contribution >= 0.6 is 11.8 Å². The smallest absolute Gasteiger partial charge is 0.191 e. The number of hydrogen-bond acceptors (Lipinski definition) is 3. The SMILES string of the molecule is CN=C(NCCCCSC)NCC(C1CC1)N(C)C. The average molecular weight is 286 g/mol. The molecular formula is C14H30N4S. The minimum Gasteiger partial charge on any atom is -0.356 e. The Hall–Kier alpha value is -0.420. The number of thioether (sulfide) groups is 1. The van der Waals surface area contributed by atoms with Crippen LogP contribution in [0.3, 0.4) is 0 Å². The second kappa shape index (κ2) is 9.48. The van der Waals surface area contributed by atoms with Crippen LogP contribution in [0.15, 0.2) is 4.99 Å². The number of nitrogens with one attached hydrogen (secondary N) is 2. The molecule has 0 aromatic rings. The van der Waals surface area contributed by atoms with Gasteiger partial charge in [0.1, 0.15) is 0 Å². The molecule has 1 atom stereocenters. The number of likely N-dealkylation sites (N-methyl/N-ethyl adjacent to an activating group) is 1. The fourth-order valence-corrected chi connectivity index (χ4v) is 2.74. The molecule has 0 saturated heterocycles. The summed E-state index contributed by atoms with van der Waals surface area (Å²) >= 11 is 1.91. The van der Waals surface area contributed by atoms with E-state index >= 15 is 0 Å². The highest BCUT2D eigenvalue weighted by Gasteiger charge is 2.32. The molecule has 112 valence electrons. The van der Waals surface area contributed by atoms with E-state index in [2.05, 4.69) is 40.9 Å². The summed E-state index contributed by atoms with van der Waals surface area (Å²) in [5.41, 5.74) is 0. The Kier molecular flexibility index (Phi) is 8.30. The first-order chi connectivity index (χ1) is 9.19. The van der Waals surface area contributed by atoms with Gasteiger partial charge in [-0.05, 0) is 57.7 Å². The van der Waals surface area contributed by atoms with Crippen molar-refractivity contribution < 1.29 is 0 Å². The Morgan fingerprint density at radius 1 is 1.32 bits per heavy atom. The first kappa shape index (κ1) is 16.6. The van der Waals surface area contributed by atoms with Crippen LogP contribution in [0.2, 0.25) is 0 Å². The highest BCUT2D eigenvalue weighted by molar-refractivity contribution is 7.98. The Bertz CT molecular complexity index is 262. The third-order valence-electron chi connectivity index (χ3n) is 3.60. The lowest BCUT2D eigenvalue weighted by molar-refractivity contribution is 0.264. The third-order valence-corrected chi connectivity index (χ3v) is 4.30. The van der Waals surface area contributed by atoms with Crippen LogP contribution in [0.25, 0.3) is 0 Å². The first-order valence-corrected chi connectivity index (χ1v) is 8.68. The summed E-state index contributed by atoms with van der Waals surface area (Å²) in [5.74, 6) is 3.07. The first-order valence-electron chi connectivity index (χ1n) is 7.29. The van der Waals surface area contributed by atoms with Crippen molar-refractivity contribution in [1.82, 2.24) is 15.5 Å². The van der Waals surface area contributed by atoms with Gasteiger partial charge in [0.2, 0.25) is 0 Å². The van der Waals surface area contributed by atoms with E-state index in [0.717, 1.165) is 25.0 Å². The molecule has 0 radical (unpaired) electrons. The number of guanidine groups is 1. The van der Waals surface area contributed by atoms with Gasteiger partial charge in [0.15, 0.2) is 5.96 Å². The summed E-state index contributed by atoms with van der Waals surface area (Å²) in [6.45, 7) is 2.00. The van der Waals surface area contributed by atoms with Gasteiger partial charge < -0.3 is 15.5 Å². The maximum absolute atomic E-state index is 4.29. The predicted molar refractivity (Wildman–Crippen MR) is 87.2 cm³/mol. The molecule has 1 unspecified atom stereocenters. The molecule has 1 fully saturated rings. The van der Waals surface area contributed by atoms with Crippen LogP contribution in [0.1, 0.15) is 25.7 Å². The van der Waals surface area contributed by atoms with E-state index in [9.17, 15) is 0 Å². The van der Waals surface area contributed by atoms with Crippen molar-refractivity contribution in [2.24, 2.45) is 10.9 Å². The molecule has 0 amide bonds. The zero-order valence-corrected chi connectivity index (χ0v) is 13.7. The van der Waals surface area contributed by atoms with Crippen molar-refractivity contribution in [3.05, 3.63) is 0 Å².